The normalized spacial score (nSPS) is 10.3. The standard InChI is InChI=1S/C15H13FO/c1-10-7-8-12(9-14(10)11(2)17)13-5-3-4-6-15(13)16/h3-9H,1-2H3. The highest BCUT2D eigenvalue weighted by atomic mass is 19.1. The number of benzene rings is 2. The molecule has 0 aliphatic heterocycles. The largest absolute Gasteiger partial charge is 0.295 e. The Bertz CT molecular complexity index is 573. The molecule has 2 aromatic rings. The summed E-state index contributed by atoms with van der Waals surface area (Å²) in [4.78, 5) is 11.4. The molecule has 0 unspecified atom stereocenters. The van der Waals surface area contributed by atoms with E-state index in [1.807, 2.05) is 19.1 Å². The summed E-state index contributed by atoms with van der Waals surface area (Å²) in [6, 6.07) is 12.0. The fourth-order valence-corrected chi connectivity index (χ4v) is 1.86. The summed E-state index contributed by atoms with van der Waals surface area (Å²) in [5.41, 5.74) is 2.82. The summed E-state index contributed by atoms with van der Waals surface area (Å²) in [6.07, 6.45) is 0. The Morgan fingerprint density at radius 1 is 1.12 bits per heavy atom. The van der Waals surface area contributed by atoms with Gasteiger partial charge in [0.2, 0.25) is 0 Å². The van der Waals surface area contributed by atoms with E-state index in [1.165, 1.54) is 13.0 Å². The van der Waals surface area contributed by atoms with Crippen molar-refractivity contribution in [1.29, 1.82) is 0 Å². The topological polar surface area (TPSA) is 17.1 Å². The molecule has 0 bridgehead atoms. The van der Waals surface area contributed by atoms with Gasteiger partial charge in [-0.1, -0.05) is 30.3 Å². The van der Waals surface area contributed by atoms with Gasteiger partial charge in [-0.2, -0.15) is 0 Å². The predicted octanol–water partition coefficient (Wildman–Crippen LogP) is 4.00. The zero-order valence-electron chi connectivity index (χ0n) is 9.83. The minimum absolute atomic E-state index is 0.000638. The molecular formula is C15H13FO. The highest BCUT2D eigenvalue weighted by Gasteiger charge is 2.08. The Kier molecular flexibility index (Phi) is 3.05. The van der Waals surface area contributed by atoms with Crippen LogP contribution in [0.5, 0.6) is 0 Å². The van der Waals surface area contributed by atoms with Crippen LogP contribution in [0.1, 0.15) is 22.8 Å². The van der Waals surface area contributed by atoms with Crippen LogP contribution in [0.3, 0.4) is 0 Å². The zero-order chi connectivity index (χ0) is 12.4. The number of carbonyl (C=O) groups is 1. The predicted molar refractivity (Wildman–Crippen MR) is 66.6 cm³/mol. The van der Waals surface area contributed by atoms with E-state index in [4.69, 9.17) is 0 Å². The Balaban J connectivity index is 2.58. The van der Waals surface area contributed by atoms with Crippen molar-refractivity contribution in [2.24, 2.45) is 0 Å². The maximum absolute atomic E-state index is 13.6. The molecular weight excluding hydrogens is 215 g/mol. The van der Waals surface area contributed by atoms with Gasteiger partial charge in [0, 0.05) is 11.1 Å². The number of halogens is 1. The average molecular weight is 228 g/mol. The molecule has 0 aromatic heterocycles. The lowest BCUT2D eigenvalue weighted by molar-refractivity contribution is 0.101. The molecule has 0 aliphatic rings. The SMILES string of the molecule is CC(=O)c1cc(-c2ccccc2F)ccc1C. The molecule has 2 heteroatoms. The smallest absolute Gasteiger partial charge is 0.160 e. The number of aryl methyl sites for hydroxylation is 1. The molecule has 0 aliphatic carbocycles. The van der Waals surface area contributed by atoms with E-state index in [-0.39, 0.29) is 11.6 Å². The highest BCUT2D eigenvalue weighted by molar-refractivity contribution is 5.96. The molecule has 0 fully saturated rings. The lowest BCUT2D eigenvalue weighted by Gasteiger charge is -2.07. The van der Waals surface area contributed by atoms with Gasteiger partial charge >= 0.3 is 0 Å². The van der Waals surface area contributed by atoms with E-state index in [9.17, 15) is 9.18 Å². The van der Waals surface area contributed by atoms with Gasteiger partial charge in [0.1, 0.15) is 5.82 Å². The second-order valence-electron chi connectivity index (χ2n) is 4.07. The molecule has 17 heavy (non-hydrogen) atoms. The van der Waals surface area contributed by atoms with Crippen LogP contribution in [0.25, 0.3) is 11.1 Å². The molecule has 0 N–H and O–H groups in total. The molecule has 2 rings (SSSR count). The fraction of sp³-hybridized carbons (Fsp3) is 0.133. The molecule has 0 saturated heterocycles. The van der Waals surface area contributed by atoms with E-state index < -0.39 is 0 Å². The maximum atomic E-state index is 13.6. The van der Waals surface area contributed by atoms with Crippen LogP contribution in [0.15, 0.2) is 42.5 Å². The molecule has 0 atom stereocenters. The molecule has 0 spiro atoms. The van der Waals surface area contributed by atoms with Gasteiger partial charge in [0.15, 0.2) is 5.78 Å². The fourth-order valence-electron chi connectivity index (χ4n) is 1.86. The second kappa shape index (κ2) is 4.50. The average Bonchev–Trinajstić information content (AvgIpc) is 2.30. The first-order valence-electron chi connectivity index (χ1n) is 5.46. The lowest BCUT2D eigenvalue weighted by atomic mass is 9.98. The molecule has 0 saturated carbocycles. The Morgan fingerprint density at radius 3 is 2.47 bits per heavy atom. The summed E-state index contributed by atoms with van der Waals surface area (Å²) < 4.78 is 13.6. The number of carbonyl (C=O) groups excluding carboxylic acids is 1. The van der Waals surface area contributed by atoms with Crippen molar-refractivity contribution in [2.75, 3.05) is 0 Å². The zero-order valence-corrected chi connectivity index (χ0v) is 9.83. The van der Waals surface area contributed by atoms with Gasteiger partial charge in [0.05, 0.1) is 0 Å². The Morgan fingerprint density at radius 2 is 1.82 bits per heavy atom. The summed E-state index contributed by atoms with van der Waals surface area (Å²) in [7, 11) is 0. The number of hydrogen-bond donors (Lipinski definition) is 0. The van der Waals surface area contributed by atoms with Crippen molar-refractivity contribution in [3.8, 4) is 11.1 Å². The summed E-state index contributed by atoms with van der Waals surface area (Å²) in [5, 5.41) is 0. The number of rotatable bonds is 2. The second-order valence-corrected chi connectivity index (χ2v) is 4.07. The third-order valence-electron chi connectivity index (χ3n) is 2.80. The van der Waals surface area contributed by atoms with Crippen LogP contribution >= 0.6 is 0 Å². The van der Waals surface area contributed by atoms with Gasteiger partial charge in [-0.15, -0.1) is 0 Å². The van der Waals surface area contributed by atoms with Gasteiger partial charge in [0.25, 0.3) is 0 Å². The quantitative estimate of drug-likeness (QED) is 0.710. The van der Waals surface area contributed by atoms with Crippen molar-refractivity contribution in [3.05, 3.63) is 59.4 Å². The van der Waals surface area contributed by atoms with E-state index in [1.54, 1.807) is 24.3 Å². The molecule has 86 valence electrons. The van der Waals surface area contributed by atoms with E-state index in [0.29, 0.717) is 11.1 Å². The summed E-state index contributed by atoms with van der Waals surface area (Å²) >= 11 is 0. The van der Waals surface area contributed by atoms with E-state index >= 15 is 0 Å². The van der Waals surface area contributed by atoms with E-state index in [0.717, 1.165) is 11.1 Å². The minimum Gasteiger partial charge on any atom is -0.295 e. The van der Waals surface area contributed by atoms with Crippen molar-refractivity contribution < 1.29 is 9.18 Å². The molecule has 0 amide bonds. The van der Waals surface area contributed by atoms with Gasteiger partial charge < -0.3 is 0 Å². The maximum Gasteiger partial charge on any atom is 0.160 e. The highest BCUT2D eigenvalue weighted by Crippen LogP contribution is 2.25. The van der Waals surface area contributed by atoms with Crippen LogP contribution in [0.2, 0.25) is 0 Å². The third-order valence-corrected chi connectivity index (χ3v) is 2.80. The lowest BCUT2D eigenvalue weighted by Crippen LogP contribution is -1.96. The van der Waals surface area contributed by atoms with Crippen LogP contribution in [-0.4, -0.2) is 5.78 Å². The summed E-state index contributed by atoms with van der Waals surface area (Å²) in [5.74, 6) is -0.272. The number of ketones is 1. The van der Waals surface area contributed by atoms with Crippen molar-refractivity contribution in [3.63, 3.8) is 0 Å². The van der Waals surface area contributed by atoms with Crippen LogP contribution in [-0.2, 0) is 0 Å². The van der Waals surface area contributed by atoms with Gasteiger partial charge in [-0.05, 0) is 37.1 Å². The molecule has 1 nitrogen and oxygen atoms in total. The third kappa shape index (κ3) is 2.26. The van der Waals surface area contributed by atoms with E-state index in [2.05, 4.69) is 0 Å². The number of hydrogen-bond acceptors (Lipinski definition) is 1. The van der Waals surface area contributed by atoms with Crippen molar-refractivity contribution in [2.45, 2.75) is 13.8 Å². The van der Waals surface area contributed by atoms with Crippen LogP contribution in [0, 0.1) is 12.7 Å². The van der Waals surface area contributed by atoms with Gasteiger partial charge in [-0.3, -0.25) is 4.79 Å². The van der Waals surface area contributed by atoms with Gasteiger partial charge in [-0.25, -0.2) is 4.39 Å². The molecule has 0 radical (unpaired) electrons. The minimum atomic E-state index is -0.272. The first-order valence-corrected chi connectivity index (χ1v) is 5.46. The van der Waals surface area contributed by atoms with Crippen molar-refractivity contribution >= 4 is 5.78 Å². The first-order chi connectivity index (χ1) is 8.09. The molecule has 0 heterocycles. The Labute approximate surface area is 99.9 Å². The summed E-state index contributed by atoms with van der Waals surface area (Å²) in [6.45, 7) is 3.40. The Hall–Kier alpha value is -1.96. The number of Topliss-reactive ketones (excluding diaryl/α,β-unsaturated/α-hetero) is 1. The monoisotopic (exact) mass is 228 g/mol. The van der Waals surface area contributed by atoms with Crippen LogP contribution in [0.4, 0.5) is 4.39 Å². The first kappa shape index (κ1) is 11.5. The van der Waals surface area contributed by atoms with Crippen molar-refractivity contribution in [1.82, 2.24) is 0 Å². The van der Waals surface area contributed by atoms with Crippen LogP contribution < -0.4 is 0 Å². The molecule has 2 aromatic carbocycles.